The lowest BCUT2D eigenvalue weighted by molar-refractivity contribution is -0.126. The zero-order valence-corrected chi connectivity index (χ0v) is 8.88. The number of carbonyl (C=O) groups is 1. The van der Waals surface area contributed by atoms with E-state index in [1.54, 1.807) is 0 Å². The highest BCUT2D eigenvalue weighted by atomic mass is 16.1. The van der Waals surface area contributed by atoms with Gasteiger partial charge in [0.25, 0.3) is 0 Å². The molecular weight excluding hydrogens is 162 g/mol. The van der Waals surface area contributed by atoms with Crippen LogP contribution in [-0.2, 0) is 4.79 Å². The van der Waals surface area contributed by atoms with Crippen LogP contribution in [0.1, 0.15) is 39.5 Å². The summed E-state index contributed by atoms with van der Waals surface area (Å²) in [5.41, 5.74) is 0. The van der Waals surface area contributed by atoms with E-state index in [9.17, 15) is 4.79 Å². The molecule has 1 saturated heterocycles. The van der Waals surface area contributed by atoms with E-state index < -0.39 is 0 Å². The molecule has 1 rings (SSSR count). The molecule has 1 aliphatic heterocycles. The molecule has 0 N–H and O–H groups in total. The molecule has 0 saturated carbocycles. The van der Waals surface area contributed by atoms with Gasteiger partial charge in [0.1, 0.15) is 5.78 Å². The van der Waals surface area contributed by atoms with Crippen molar-refractivity contribution in [3.63, 3.8) is 0 Å². The van der Waals surface area contributed by atoms with E-state index >= 15 is 0 Å². The lowest BCUT2D eigenvalue weighted by atomic mass is 9.94. The van der Waals surface area contributed by atoms with Crippen molar-refractivity contribution in [1.29, 1.82) is 0 Å². The Labute approximate surface area is 81.3 Å². The monoisotopic (exact) mass is 183 g/mol. The predicted molar refractivity (Wildman–Crippen MR) is 54.8 cm³/mol. The van der Waals surface area contributed by atoms with Crippen LogP contribution in [0.4, 0.5) is 0 Å². The lowest BCUT2D eigenvalue weighted by Gasteiger charge is -2.31. The second kappa shape index (κ2) is 5.38. The van der Waals surface area contributed by atoms with Crippen LogP contribution >= 0.6 is 0 Å². The molecule has 1 atom stereocenters. The maximum Gasteiger partial charge on any atom is 0.138 e. The van der Waals surface area contributed by atoms with Crippen molar-refractivity contribution < 1.29 is 4.79 Å². The zero-order chi connectivity index (χ0) is 9.68. The molecule has 2 heteroatoms. The van der Waals surface area contributed by atoms with Crippen molar-refractivity contribution in [3.05, 3.63) is 0 Å². The van der Waals surface area contributed by atoms with E-state index in [1.165, 1.54) is 19.4 Å². The first-order chi connectivity index (χ1) is 6.27. The van der Waals surface area contributed by atoms with Gasteiger partial charge in [-0.05, 0) is 19.4 Å². The van der Waals surface area contributed by atoms with Crippen molar-refractivity contribution in [2.45, 2.75) is 39.5 Å². The van der Waals surface area contributed by atoms with Crippen LogP contribution in [0.3, 0.4) is 0 Å². The molecule has 1 unspecified atom stereocenters. The summed E-state index contributed by atoms with van der Waals surface area (Å²) in [6, 6.07) is 0. The number of rotatable bonds is 4. The number of hydrogen-bond donors (Lipinski definition) is 0. The largest absolute Gasteiger partial charge is 0.302 e. The second-order valence-corrected chi connectivity index (χ2v) is 3.98. The van der Waals surface area contributed by atoms with Gasteiger partial charge in [-0.2, -0.15) is 0 Å². The van der Waals surface area contributed by atoms with Gasteiger partial charge in [-0.3, -0.25) is 4.79 Å². The van der Waals surface area contributed by atoms with Gasteiger partial charge < -0.3 is 4.90 Å². The maximum atomic E-state index is 11.4. The topological polar surface area (TPSA) is 20.3 Å². The van der Waals surface area contributed by atoms with Gasteiger partial charge in [-0.1, -0.05) is 20.3 Å². The molecule has 1 fully saturated rings. The molecule has 0 radical (unpaired) electrons. The first kappa shape index (κ1) is 10.7. The molecule has 0 bridgehead atoms. The van der Waals surface area contributed by atoms with E-state index in [2.05, 4.69) is 18.7 Å². The summed E-state index contributed by atoms with van der Waals surface area (Å²) in [4.78, 5) is 13.9. The number of piperidine rings is 1. The Kier molecular flexibility index (Phi) is 4.43. The molecule has 1 heterocycles. The Morgan fingerprint density at radius 1 is 1.46 bits per heavy atom. The summed E-state index contributed by atoms with van der Waals surface area (Å²) in [7, 11) is 0. The Hall–Kier alpha value is -0.370. The minimum absolute atomic E-state index is 0.325. The highest BCUT2D eigenvalue weighted by molar-refractivity contribution is 5.82. The second-order valence-electron chi connectivity index (χ2n) is 3.98. The third kappa shape index (κ3) is 3.11. The number of unbranched alkanes of at least 4 members (excludes halogenated alkanes) is 1. The van der Waals surface area contributed by atoms with Gasteiger partial charge >= 0.3 is 0 Å². The Morgan fingerprint density at radius 2 is 2.23 bits per heavy atom. The Morgan fingerprint density at radius 3 is 2.85 bits per heavy atom. The minimum Gasteiger partial charge on any atom is -0.302 e. The van der Waals surface area contributed by atoms with Crippen molar-refractivity contribution in [3.8, 4) is 0 Å². The number of likely N-dealkylation sites (tertiary alicyclic amines) is 1. The Balaban J connectivity index is 2.31. The van der Waals surface area contributed by atoms with Crippen LogP contribution in [0.5, 0.6) is 0 Å². The molecule has 76 valence electrons. The summed E-state index contributed by atoms with van der Waals surface area (Å²) >= 11 is 0. The summed E-state index contributed by atoms with van der Waals surface area (Å²) in [6.07, 6.45) is 4.32. The maximum absolute atomic E-state index is 11.4. The Bertz CT molecular complexity index is 167. The van der Waals surface area contributed by atoms with Gasteiger partial charge in [-0.15, -0.1) is 0 Å². The zero-order valence-electron chi connectivity index (χ0n) is 8.88. The van der Waals surface area contributed by atoms with Crippen LogP contribution in [-0.4, -0.2) is 30.3 Å². The van der Waals surface area contributed by atoms with Crippen LogP contribution in [0, 0.1) is 5.92 Å². The molecule has 0 aromatic carbocycles. The van der Waals surface area contributed by atoms with Crippen molar-refractivity contribution in [2.24, 2.45) is 5.92 Å². The first-order valence-electron chi connectivity index (χ1n) is 5.53. The average Bonchev–Trinajstić information content (AvgIpc) is 2.16. The molecule has 0 aromatic rings. The van der Waals surface area contributed by atoms with Gasteiger partial charge in [0, 0.05) is 25.4 Å². The fourth-order valence-corrected chi connectivity index (χ4v) is 1.92. The minimum atomic E-state index is 0.325. The van der Waals surface area contributed by atoms with Crippen LogP contribution in [0.15, 0.2) is 0 Å². The van der Waals surface area contributed by atoms with Crippen LogP contribution in [0.2, 0.25) is 0 Å². The third-order valence-electron chi connectivity index (χ3n) is 2.93. The lowest BCUT2D eigenvalue weighted by Crippen LogP contribution is -2.40. The molecule has 1 aliphatic rings. The van der Waals surface area contributed by atoms with Crippen molar-refractivity contribution in [2.75, 3.05) is 19.6 Å². The van der Waals surface area contributed by atoms with Crippen LogP contribution < -0.4 is 0 Å². The number of Topliss-reactive ketones (excluding diaryl/α,β-unsaturated/α-hetero) is 1. The summed E-state index contributed by atoms with van der Waals surface area (Å²) in [5, 5.41) is 0. The standard InChI is InChI=1S/C11H21NO/c1-3-5-7-12-8-6-11(13)10(4-2)9-12/h10H,3-9H2,1-2H3. The summed E-state index contributed by atoms with van der Waals surface area (Å²) < 4.78 is 0. The molecule has 2 nitrogen and oxygen atoms in total. The number of ketones is 1. The molecule has 0 aromatic heterocycles. The fourth-order valence-electron chi connectivity index (χ4n) is 1.92. The molecule has 0 amide bonds. The van der Waals surface area contributed by atoms with Crippen molar-refractivity contribution in [1.82, 2.24) is 4.90 Å². The smallest absolute Gasteiger partial charge is 0.138 e. The van der Waals surface area contributed by atoms with E-state index in [4.69, 9.17) is 0 Å². The highest BCUT2D eigenvalue weighted by Gasteiger charge is 2.24. The SMILES string of the molecule is CCCCN1CCC(=O)C(CC)C1. The van der Waals surface area contributed by atoms with Crippen LogP contribution in [0.25, 0.3) is 0 Å². The van der Waals surface area contributed by atoms with Gasteiger partial charge in [0.2, 0.25) is 0 Å². The summed E-state index contributed by atoms with van der Waals surface area (Å²) in [6.45, 7) is 7.52. The molecule has 0 aliphatic carbocycles. The predicted octanol–water partition coefficient (Wildman–Crippen LogP) is 2.09. The van der Waals surface area contributed by atoms with Gasteiger partial charge in [-0.25, -0.2) is 0 Å². The summed E-state index contributed by atoms with van der Waals surface area (Å²) in [5.74, 6) is 0.806. The van der Waals surface area contributed by atoms with E-state index in [-0.39, 0.29) is 0 Å². The molecule has 0 spiro atoms. The normalized spacial score (nSPS) is 25.1. The van der Waals surface area contributed by atoms with E-state index in [1.807, 2.05) is 0 Å². The van der Waals surface area contributed by atoms with Crippen molar-refractivity contribution >= 4 is 5.78 Å². The molecular formula is C11H21NO. The number of nitrogens with zero attached hydrogens (tertiary/aromatic N) is 1. The number of hydrogen-bond acceptors (Lipinski definition) is 2. The van der Waals surface area contributed by atoms with E-state index in [0.29, 0.717) is 11.7 Å². The van der Waals surface area contributed by atoms with Gasteiger partial charge in [0.15, 0.2) is 0 Å². The van der Waals surface area contributed by atoms with E-state index in [0.717, 1.165) is 25.9 Å². The number of carbonyl (C=O) groups excluding carboxylic acids is 1. The average molecular weight is 183 g/mol. The highest BCUT2D eigenvalue weighted by Crippen LogP contribution is 2.16. The third-order valence-corrected chi connectivity index (χ3v) is 2.93. The first-order valence-corrected chi connectivity index (χ1v) is 5.53. The molecule has 13 heavy (non-hydrogen) atoms. The quantitative estimate of drug-likeness (QED) is 0.665. The van der Waals surface area contributed by atoms with Gasteiger partial charge in [0.05, 0.1) is 0 Å². The fraction of sp³-hybridized carbons (Fsp3) is 0.909.